The molecule has 4 atom stereocenters. The van der Waals surface area contributed by atoms with Crippen molar-refractivity contribution in [2.45, 2.75) is 91.2 Å². The quantitative estimate of drug-likeness (QED) is 0.0595. The first kappa shape index (κ1) is 58.4. The Morgan fingerprint density at radius 3 is 2.27 bits per heavy atom. The number of carbonyl (C=O) groups excluding carboxylic acids is 4. The van der Waals surface area contributed by atoms with E-state index < -0.39 is 81.1 Å². The molecule has 0 unspecified atom stereocenters. The summed E-state index contributed by atoms with van der Waals surface area (Å²) in [6.45, 7) is 15.4. The van der Waals surface area contributed by atoms with Gasteiger partial charge in [-0.2, -0.15) is 12.7 Å². The van der Waals surface area contributed by atoms with Crippen molar-refractivity contribution in [3.63, 3.8) is 0 Å². The minimum absolute atomic E-state index is 0.00115. The van der Waals surface area contributed by atoms with Gasteiger partial charge >= 0.3 is 10.2 Å². The molecular weight excluding hydrogens is 1100 g/mol. The van der Waals surface area contributed by atoms with E-state index in [1.807, 2.05) is 81.2 Å². The molecule has 10 rings (SSSR count). The summed E-state index contributed by atoms with van der Waals surface area (Å²) in [5, 5.41) is 17.1. The first-order valence-electron chi connectivity index (χ1n) is 27.9. The molecule has 3 amide bonds. The van der Waals surface area contributed by atoms with E-state index >= 15 is 8.78 Å². The van der Waals surface area contributed by atoms with Crippen LogP contribution < -0.4 is 20.3 Å². The summed E-state index contributed by atoms with van der Waals surface area (Å²) in [5.41, 5.74) is 6.31. The number of pyridine rings is 1. The van der Waals surface area contributed by atoms with Crippen molar-refractivity contribution in [2.75, 3.05) is 81.6 Å². The van der Waals surface area contributed by atoms with Crippen molar-refractivity contribution in [2.24, 2.45) is 11.3 Å². The van der Waals surface area contributed by atoms with E-state index in [-0.39, 0.29) is 56.4 Å². The smallest absolute Gasteiger partial charge is 0.301 e. The number of rotatable bonds is 17. The molecule has 436 valence electrons. The zero-order valence-electron chi connectivity index (χ0n) is 46.7. The van der Waals surface area contributed by atoms with E-state index in [4.69, 9.17) is 0 Å². The van der Waals surface area contributed by atoms with Crippen LogP contribution in [0.3, 0.4) is 0 Å². The highest BCUT2D eigenvalue weighted by Crippen LogP contribution is 2.34. The molecule has 4 fully saturated rings. The van der Waals surface area contributed by atoms with Crippen molar-refractivity contribution in [3.8, 4) is 21.6 Å². The second-order valence-corrected chi connectivity index (χ2v) is 25.8. The number of β-amino-alcohol motifs (C(OH)–C–C–N with tert-alkyl or cyclic N) is 1. The zero-order chi connectivity index (χ0) is 58.2. The number of nitrogens with zero attached hydrogens (tertiary/aromatic N) is 7. The number of amides is 3. The molecule has 0 aliphatic carbocycles. The van der Waals surface area contributed by atoms with Crippen molar-refractivity contribution >= 4 is 67.5 Å². The Balaban J connectivity index is 0.680. The molecule has 0 saturated carbocycles. The molecule has 5 N–H and O–H groups in total. The molecule has 4 aliphatic heterocycles. The minimum atomic E-state index is -4.37. The zero-order valence-corrected chi connectivity index (χ0v) is 48.3. The Morgan fingerprint density at radius 1 is 0.866 bits per heavy atom. The highest BCUT2D eigenvalue weighted by Gasteiger charge is 2.45. The number of nitrogens with one attached hydrogen (secondary N) is 4. The molecule has 4 saturated heterocycles. The third-order valence-electron chi connectivity index (χ3n) is 16.4. The lowest BCUT2D eigenvalue weighted by Crippen LogP contribution is -2.59. The van der Waals surface area contributed by atoms with E-state index in [1.165, 1.54) is 11.1 Å². The molecule has 82 heavy (non-hydrogen) atoms. The molecule has 23 heteroatoms. The van der Waals surface area contributed by atoms with E-state index in [9.17, 15) is 37.1 Å². The summed E-state index contributed by atoms with van der Waals surface area (Å²) in [4.78, 5) is 76.7. The predicted molar refractivity (Wildman–Crippen MR) is 309 cm³/mol. The van der Waals surface area contributed by atoms with E-state index in [0.717, 1.165) is 114 Å². The van der Waals surface area contributed by atoms with Gasteiger partial charge in [-0.15, -0.1) is 11.3 Å². The number of likely N-dealkylation sites (tertiary alicyclic amines) is 2. The van der Waals surface area contributed by atoms with Crippen molar-refractivity contribution < 1.29 is 45.9 Å². The molecule has 3 aromatic heterocycles. The number of fused-ring (bicyclic) bond motifs is 1. The van der Waals surface area contributed by atoms with Gasteiger partial charge in [-0.3, -0.25) is 33.7 Å². The number of hydrogen-bond acceptors (Lipinski definition) is 13. The number of anilines is 2. The van der Waals surface area contributed by atoms with Gasteiger partial charge in [0, 0.05) is 99.9 Å². The lowest BCUT2D eigenvalue weighted by molar-refractivity contribution is -0.144. The summed E-state index contributed by atoms with van der Waals surface area (Å²) in [6, 6.07) is 15.7. The van der Waals surface area contributed by atoms with E-state index in [2.05, 4.69) is 46.4 Å². The molecular formula is C59H70F3N11O7S2. The van der Waals surface area contributed by atoms with Gasteiger partial charge in [-0.25, -0.2) is 23.1 Å². The number of H-pyrrole nitrogens is 1. The normalized spacial score (nSPS) is 20.1. The van der Waals surface area contributed by atoms with Gasteiger partial charge in [0.05, 0.1) is 40.0 Å². The molecule has 7 heterocycles. The second-order valence-electron chi connectivity index (χ2n) is 23.2. The van der Waals surface area contributed by atoms with Gasteiger partial charge in [0.15, 0.2) is 5.82 Å². The van der Waals surface area contributed by atoms with Crippen LogP contribution in [0.15, 0.2) is 78.6 Å². The monoisotopic (exact) mass is 1170 g/mol. The number of aromatic nitrogens is 3. The Morgan fingerprint density at radius 2 is 1.60 bits per heavy atom. The van der Waals surface area contributed by atoms with Crippen molar-refractivity contribution in [3.05, 3.63) is 118 Å². The second kappa shape index (κ2) is 24.2. The van der Waals surface area contributed by atoms with Crippen LogP contribution in [0.5, 0.6) is 0 Å². The predicted octanol–water partition coefficient (Wildman–Crippen LogP) is 6.82. The lowest BCUT2D eigenvalue weighted by atomic mass is 9.85. The molecule has 0 spiro atoms. The van der Waals surface area contributed by atoms with Gasteiger partial charge < -0.3 is 30.5 Å². The first-order chi connectivity index (χ1) is 39.1. The number of carbonyl (C=O) groups is 4. The Hall–Kier alpha value is -6.76. The topological polar surface area (TPSA) is 217 Å². The number of piperidine rings is 1. The summed E-state index contributed by atoms with van der Waals surface area (Å²) >= 11 is 1.58. The highest BCUT2D eigenvalue weighted by atomic mass is 32.2. The van der Waals surface area contributed by atoms with Crippen LogP contribution in [-0.2, 0) is 31.1 Å². The number of aliphatic hydroxyl groups excluding tert-OH is 1. The number of ketones is 1. The molecule has 6 aromatic rings. The number of aliphatic hydroxyl groups is 1. The van der Waals surface area contributed by atoms with Gasteiger partial charge in [0.2, 0.25) is 23.5 Å². The third-order valence-corrected chi connectivity index (χ3v) is 18.8. The van der Waals surface area contributed by atoms with Crippen LogP contribution in [0.2, 0.25) is 0 Å². The fraction of sp³-hybridized carbons (Fsp3) is 0.458. The van der Waals surface area contributed by atoms with Crippen LogP contribution in [0, 0.1) is 36.8 Å². The summed E-state index contributed by atoms with van der Waals surface area (Å²) in [5.74, 6) is -4.12. The maximum Gasteiger partial charge on any atom is 0.301 e. The van der Waals surface area contributed by atoms with Crippen LogP contribution in [0.25, 0.3) is 32.6 Å². The van der Waals surface area contributed by atoms with Crippen LogP contribution in [-0.4, -0.2) is 167 Å². The largest absolute Gasteiger partial charge is 0.391 e. The Labute approximate surface area is 479 Å². The maximum absolute atomic E-state index is 15.8. The fourth-order valence-corrected chi connectivity index (χ4v) is 13.7. The molecule has 4 aliphatic rings. The number of aryl methyl sites for hydroxylation is 2. The Kier molecular flexibility index (Phi) is 17.3. The highest BCUT2D eigenvalue weighted by molar-refractivity contribution is 7.90. The van der Waals surface area contributed by atoms with Gasteiger partial charge in [-0.05, 0) is 110 Å². The first-order valence-corrected chi connectivity index (χ1v) is 30.2. The van der Waals surface area contributed by atoms with Gasteiger partial charge in [0.25, 0.3) is 0 Å². The molecule has 3 aromatic carbocycles. The number of piperazine rings is 1. The summed E-state index contributed by atoms with van der Waals surface area (Å²) in [6.07, 6.45) is 2.68. The van der Waals surface area contributed by atoms with Crippen LogP contribution in [0.4, 0.5) is 24.5 Å². The minimum Gasteiger partial charge on any atom is -0.391 e. The molecule has 18 nitrogen and oxygen atoms in total. The number of benzene rings is 3. The summed E-state index contributed by atoms with van der Waals surface area (Å²) < 4.78 is 73.4. The van der Waals surface area contributed by atoms with Crippen LogP contribution in [0.1, 0.15) is 79.2 Å². The number of alkyl halides is 1. The number of hydrogen-bond donors (Lipinski definition) is 5. The van der Waals surface area contributed by atoms with Gasteiger partial charge in [0.1, 0.15) is 29.7 Å². The third kappa shape index (κ3) is 12.9. The van der Waals surface area contributed by atoms with Crippen molar-refractivity contribution in [1.82, 2.24) is 44.6 Å². The number of aromatic amines is 1. The van der Waals surface area contributed by atoms with E-state index in [0.29, 0.717) is 22.5 Å². The van der Waals surface area contributed by atoms with E-state index in [1.54, 1.807) is 23.6 Å². The standard InChI is InChI=1S/C59H70F3N11O7S2/c1-35-24-39(54-36(2)66-34-81-54)6-7-40(35)27-65-57(77)49-26-44(74)32-73(49)58(78)55(59(3,4)5)67-50(75)33-69-17-14-37(15-18-69)30-70-20-22-71(23-21-70)43-10-8-38(9-11-43)41-25-45-46(29-64-56(45)63-28-41)53(76)51-47(61)12-13-48(52(51)62)68-82(79,80)72-19-16-42(60)31-72/h6-13,24-25,28-29,34,37,42,44,49,55,68,74H,14-23,26-27,30-33H2,1-5H3,(H,63,64)(H,65,77)(H,67,75)/t42-,44-,49+,55-/m1/s1. The Bertz CT molecular complexity index is 3470. The van der Waals surface area contributed by atoms with Crippen molar-refractivity contribution in [1.29, 1.82) is 0 Å². The lowest BCUT2D eigenvalue weighted by Gasteiger charge is -2.40. The fourth-order valence-electron chi connectivity index (χ4n) is 11.6. The number of halogens is 3. The average Bonchev–Trinajstić information content (AvgIpc) is 4.18. The maximum atomic E-state index is 15.8. The SMILES string of the molecule is Cc1cc(-c2scnc2C)ccc1CNC(=O)[C@@H]1C[C@@H](O)CN1C(=O)[C@@H](NC(=O)CN1CCC(CN2CCN(c3ccc(-c4cnc5[nH]cc(C(=O)c6c(F)ccc(NS(=O)(=O)N7CC[C@@H](F)C7)c6F)c5c4)cc3)CC2)CC1)C(C)(C)C. The average molecular weight is 1170 g/mol. The molecule has 0 bridgehead atoms. The van der Waals surface area contributed by atoms with Crippen LogP contribution >= 0.6 is 11.3 Å². The number of thiazole rings is 1. The van der Waals surface area contributed by atoms with Gasteiger partial charge in [-0.1, -0.05) is 51.1 Å². The summed E-state index contributed by atoms with van der Waals surface area (Å²) in [7, 11) is -4.37. The molecule has 0 radical (unpaired) electrons.